The molecule has 1 aliphatic rings. The lowest BCUT2D eigenvalue weighted by atomic mass is 10.2. The van der Waals surface area contributed by atoms with Gasteiger partial charge in [0.05, 0.1) is 12.3 Å². The Hall–Kier alpha value is -2.04. The normalized spacial score (nSPS) is 19.2. The molecule has 1 saturated heterocycles. The average molecular weight is 284 g/mol. The van der Waals surface area contributed by atoms with Gasteiger partial charge < -0.3 is 14.8 Å². The van der Waals surface area contributed by atoms with Gasteiger partial charge in [0.15, 0.2) is 5.75 Å². The number of hydrogen-bond donors (Lipinski definition) is 1. The number of morpholine rings is 1. The van der Waals surface area contributed by atoms with E-state index in [2.05, 4.69) is 17.3 Å². The van der Waals surface area contributed by atoms with Crippen LogP contribution in [-0.4, -0.2) is 37.9 Å². The monoisotopic (exact) mass is 284 g/mol. The van der Waals surface area contributed by atoms with E-state index in [0.29, 0.717) is 0 Å². The molecule has 1 atom stereocenters. The first-order chi connectivity index (χ1) is 10.3. The van der Waals surface area contributed by atoms with Crippen molar-refractivity contribution in [3.8, 4) is 11.5 Å². The highest BCUT2D eigenvalue weighted by Gasteiger charge is 2.18. The van der Waals surface area contributed by atoms with E-state index in [-0.39, 0.29) is 6.23 Å². The van der Waals surface area contributed by atoms with E-state index in [4.69, 9.17) is 9.47 Å². The molecule has 0 spiro atoms. The van der Waals surface area contributed by atoms with Crippen LogP contribution in [0.3, 0.4) is 0 Å². The zero-order valence-corrected chi connectivity index (χ0v) is 12.2. The summed E-state index contributed by atoms with van der Waals surface area (Å²) in [5.41, 5.74) is 0.946. The van der Waals surface area contributed by atoms with Gasteiger partial charge in [-0.3, -0.25) is 4.90 Å². The number of ether oxygens (including phenoxy) is 2. The molecule has 1 fully saturated rings. The third-order valence-corrected chi connectivity index (χ3v) is 3.44. The average Bonchev–Trinajstić information content (AvgIpc) is 2.50. The Bertz CT molecular complexity index is 574. The van der Waals surface area contributed by atoms with E-state index in [1.807, 2.05) is 54.6 Å². The fourth-order valence-electron chi connectivity index (χ4n) is 2.33. The van der Waals surface area contributed by atoms with Gasteiger partial charge in [-0.05, 0) is 31.3 Å². The van der Waals surface area contributed by atoms with Crippen LogP contribution in [0.15, 0.2) is 54.6 Å². The molecule has 2 aromatic rings. The Morgan fingerprint density at radius 1 is 1.10 bits per heavy atom. The van der Waals surface area contributed by atoms with Crippen LogP contribution in [0.25, 0.3) is 0 Å². The molecule has 0 amide bonds. The second-order valence-corrected chi connectivity index (χ2v) is 5.18. The molecular formula is C17H20N2O2. The van der Waals surface area contributed by atoms with Gasteiger partial charge in [-0.2, -0.15) is 0 Å². The van der Waals surface area contributed by atoms with Crippen LogP contribution >= 0.6 is 0 Å². The number of rotatable bonds is 4. The zero-order chi connectivity index (χ0) is 14.5. The molecule has 0 aliphatic carbocycles. The summed E-state index contributed by atoms with van der Waals surface area (Å²) in [6, 6.07) is 17.7. The van der Waals surface area contributed by atoms with E-state index >= 15 is 0 Å². The summed E-state index contributed by atoms with van der Waals surface area (Å²) in [5, 5.41) is 3.41. The Kier molecular flexibility index (Phi) is 4.38. The zero-order valence-electron chi connectivity index (χ0n) is 12.2. The van der Waals surface area contributed by atoms with Crippen LogP contribution in [0.2, 0.25) is 0 Å². The molecule has 1 unspecified atom stereocenters. The Labute approximate surface area is 125 Å². The van der Waals surface area contributed by atoms with Crippen molar-refractivity contribution in [2.45, 2.75) is 6.23 Å². The van der Waals surface area contributed by atoms with E-state index in [1.54, 1.807) is 0 Å². The summed E-state index contributed by atoms with van der Waals surface area (Å²) in [5.74, 6) is 1.63. The number of nitrogens with one attached hydrogen (secondary N) is 1. The second kappa shape index (κ2) is 6.61. The maximum absolute atomic E-state index is 5.95. The van der Waals surface area contributed by atoms with Crippen LogP contribution in [0.5, 0.6) is 11.5 Å². The van der Waals surface area contributed by atoms with Crippen LogP contribution < -0.4 is 10.1 Å². The van der Waals surface area contributed by atoms with Crippen molar-refractivity contribution < 1.29 is 9.47 Å². The van der Waals surface area contributed by atoms with Crippen molar-refractivity contribution in [2.75, 3.05) is 32.1 Å². The SMILES string of the molecule is CN1CCOC(Nc2ccccc2Oc2ccccc2)C1. The Morgan fingerprint density at radius 2 is 1.86 bits per heavy atom. The fourth-order valence-corrected chi connectivity index (χ4v) is 2.33. The molecule has 1 N–H and O–H groups in total. The third-order valence-electron chi connectivity index (χ3n) is 3.44. The van der Waals surface area contributed by atoms with Gasteiger partial charge in [-0.15, -0.1) is 0 Å². The Balaban J connectivity index is 1.73. The van der Waals surface area contributed by atoms with Gasteiger partial charge in [0.2, 0.25) is 0 Å². The van der Waals surface area contributed by atoms with E-state index < -0.39 is 0 Å². The van der Waals surface area contributed by atoms with Crippen molar-refractivity contribution in [1.29, 1.82) is 0 Å². The molecule has 2 aromatic carbocycles. The largest absolute Gasteiger partial charge is 0.455 e. The molecule has 4 nitrogen and oxygen atoms in total. The number of likely N-dealkylation sites (N-methyl/N-ethyl adjacent to an activating group) is 1. The van der Waals surface area contributed by atoms with Crippen molar-refractivity contribution >= 4 is 5.69 Å². The van der Waals surface area contributed by atoms with Crippen molar-refractivity contribution in [3.63, 3.8) is 0 Å². The number of nitrogens with zero attached hydrogens (tertiary/aromatic N) is 1. The van der Waals surface area contributed by atoms with Gasteiger partial charge in [0.25, 0.3) is 0 Å². The topological polar surface area (TPSA) is 33.7 Å². The molecular weight excluding hydrogens is 264 g/mol. The lowest BCUT2D eigenvalue weighted by molar-refractivity contribution is -0.00361. The predicted octanol–water partition coefficient (Wildman–Crippen LogP) is 3.18. The molecule has 0 aromatic heterocycles. The number of anilines is 1. The maximum atomic E-state index is 5.95. The van der Waals surface area contributed by atoms with Crippen molar-refractivity contribution in [2.24, 2.45) is 0 Å². The highest BCUT2D eigenvalue weighted by atomic mass is 16.5. The minimum absolute atomic E-state index is 0.00993. The van der Waals surface area contributed by atoms with Gasteiger partial charge in [-0.1, -0.05) is 30.3 Å². The number of hydrogen-bond acceptors (Lipinski definition) is 4. The van der Waals surface area contributed by atoms with Crippen LogP contribution in [-0.2, 0) is 4.74 Å². The quantitative estimate of drug-likeness (QED) is 0.935. The summed E-state index contributed by atoms with van der Waals surface area (Å²) in [4.78, 5) is 2.25. The van der Waals surface area contributed by atoms with Gasteiger partial charge in [-0.25, -0.2) is 0 Å². The fraction of sp³-hybridized carbons (Fsp3) is 0.294. The molecule has 1 aliphatic heterocycles. The first kappa shape index (κ1) is 13.9. The minimum Gasteiger partial charge on any atom is -0.455 e. The smallest absolute Gasteiger partial charge is 0.150 e. The Morgan fingerprint density at radius 3 is 2.67 bits per heavy atom. The van der Waals surface area contributed by atoms with Crippen LogP contribution in [0.4, 0.5) is 5.69 Å². The summed E-state index contributed by atoms with van der Waals surface area (Å²) in [6.45, 7) is 2.58. The van der Waals surface area contributed by atoms with Gasteiger partial charge >= 0.3 is 0 Å². The van der Waals surface area contributed by atoms with E-state index in [1.165, 1.54) is 0 Å². The minimum atomic E-state index is -0.00993. The standard InChI is InChI=1S/C17H20N2O2/c1-19-11-12-20-17(13-19)18-15-9-5-6-10-16(15)21-14-7-3-2-4-8-14/h2-10,17-18H,11-13H2,1H3. The first-order valence-corrected chi connectivity index (χ1v) is 7.20. The lowest BCUT2D eigenvalue weighted by Crippen LogP contribution is -2.43. The van der Waals surface area contributed by atoms with Crippen LogP contribution in [0, 0.1) is 0 Å². The maximum Gasteiger partial charge on any atom is 0.150 e. The predicted molar refractivity (Wildman–Crippen MR) is 83.8 cm³/mol. The summed E-state index contributed by atoms with van der Waals surface area (Å²) in [7, 11) is 2.10. The summed E-state index contributed by atoms with van der Waals surface area (Å²) in [6.07, 6.45) is -0.00993. The lowest BCUT2D eigenvalue weighted by Gasteiger charge is -2.31. The van der Waals surface area contributed by atoms with Gasteiger partial charge in [0.1, 0.15) is 12.0 Å². The van der Waals surface area contributed by atoms with Crippen molar-refractivity contribution in [3.05, 3.63) is 54.6 Å². The molecule has 3 rings (SSSR count). The highest BCUT2D eigenvalue weighted by molar-refractivity contribution is 5.57. The molecule has 21 heavy (non-hydrogen) atoms. The summed E-state index contributed by atoms with van der Waals surface area (Å²) < 4.78 is 11.7. The van der Waals surface area contributed by atoms with Crippen LogP contribution in [0.1, 0.15) is 0 Å². The molecule has 4 heteroatoms. The van der Waals surface area contributed by atoms with E-state index in [0.717, 1.165) is 36.9 Å². The second-order valence-electron chi connectivity index (χ2n) is 5.18. The number of para-hydroxylation sites is 3. The molecule has 0 saturated carbocycles. The first-order valence-electron chi connectivity index (χ1n) is 7.20. The third kappa shape index (κ3) is 3.74. The highest BCUT2D eigenvalue weighted by Crippen LogP contribution is 2.29. The van der Waals surface area contributed by atoms with E-state index in [9.17, 15) is 0 Å². The molecule has 0 bridgehead atoms. The number of benzene rings is 2. The van der Waals surface area contributed by atoms with Gasteiger partial charge in [0, 0.05) is 13.1 Å². The molecule has 0 radical (unpaired) electrons. The molecule has 110 valence electrons. The van der Waals surface area contributed by atoms with Crippen molar-refractivity contribution in [1.82, 2.24) is 4.90 Å². The molecule has 1 heterocycles. The summed E-state index contributed by atoms with van der Waals surface area (Å²) >= 11 is 0.